The first-order valence-electron chi connectivity index (χ1n) is 11.9. The van der Waals surface area contributed by atoms with Crippen LogP contribution in [-0.4, -0.2) is 40.6 Å². The maximum atomic E-state index is 13.0. The summed E-state index contributed by atoms with van der Waals surface area (Å²) in [5, 5.41) is 3.08. The van der Waals surface area contributed by atoms with E-state index in [4.69, 9.17) is 9.72 Å². The van der Waals surface area contributed by atoms with Crippen molar-refractivity contribution < 1.29 is 9.53 Å². The number of rotatable bonds is 7. The molecule has 2 heterocycles. The number of nitrogens with one attached hydrogen (secondary N) is 1. The van der Waals surface area contributed by atoms with Crippen molar-refractivity contribution in [2.75, 3.05) is 25.5 Å². The number of aromatic nitrogens is 2. The fraction of sp³-hybridized carbons (Fsp3) is 0.286. The molecule has 0 unspecified atom stereocenters. The predicted octanol–water partition coefficient (Wildman–Crippen LogP) is 5.71. The summed E-state index contributed by atoms with van der Waals surface area (Å²) >= 11 is 3.44. The van der Waals surface area contributed by atoms with Gasteiger partial charge in [-0.25, -0.2) is 4.98 Å². The number of carbonyl (C=O) groups excluding carboxylic acids is 1. The Morgan fingerprint density at radius 1 is 1.06 bits per heavy atom. The van der Waals surface area contributed by atoms with E-state index >= 15 is 0 Å². The molecule has 0 bridgehead atoms. The van der Waals surface area contributed by atoms with Gasteiger partial charge in [-0.2, -0.15) is 0 Å². The zero-order valence-electron chi connectivity index (χ0n) is 19.8. The third-order valence-electron chi connectivity index (χ3n) is 6.59. The number of methoxy groups -OCH3 is 1. The van der Waals surface area contributed by atoms with Gasteiger partial charge >= 0.3 is 0 Å². The molecule has 0 aliphatic carbocycles. The number of likely N-dealkylation sites (tertiary alicyclic amines) is 1. The second kappa shape index (κ2) is 10.6. The van der Waals surface area contributed by atoms with E-state index in [2.05, 4.69) is 61.0 Å². The molecule has 1 saturated heterocycles. The Morgan fingerprint density at radius 2 is 1.83 bits per heavy atom. The molecule has 1 fully saturated rings. The van der Waals surface area contributed by atoms with E-state index < -0.39 is 0 Å². The summed E-state index contributed by atoms with van der Waals surface area (Å²) in [6.45, 7) is 3.15. The summed E-state index contributed by atoms with van der Waals surface area (Å²) in [7, 11) is 1.68. The van der Waals surface area contributed by atoms with Gasteiger partial charge in [0.25, 0.3) is 0 Å². The molecule has 1 aromatic heterocycles. The highest BCUT2D eigenvalue weighted by molar-refractivity contribution is 9.10. The first kappa shape index (κ1) is 23.6. The number of fused-ring (bicyclic) bond motifs is 1. The van der Waals surface area contributed by atoms with Crippen LogP contribution >= 0.6 is 15.9 Å². The molecular formula is C28H29BrN4O2. The van der Waals surface area contributed by atoms with Gasteiger partial charge in [0.2, 0.25) is 5.91 Å². The van der Waals surface area contributed by atoms with E-state index in [1.54, 1.807) is 7.11 Å². The van der Waals surface area contributed by atoms with Crippen molar-refractivity contribution in [3.8, 4) is 5.75 Å². The van der Waals surface area contributed by atoms with Crippen LogP contribution in [0.1, 0.15) is 24.2 Å². The van der Waals surface area contributed by atoms with Crippen molar-refractivity contribution >= 4 is 38.6 Å². The lowest BCUT2D eigenvalue weighted by atomic mass is 9.97. The van der Waals surface area contributed by atoms with Crippen molar-refractivity contribution in [1.82, 2.24) is 14.5 Å². The lowest BCUT2D eigenvalue weighted by Gasteiger charge is -2.31. The molecule has 1 aliphatic rings. The number of imidazole rings is 1. The van der Waals surface area contributed by atoms with Crippen LogP contribution < -0.4 is 10.1 Å². The van der Waals surface area contributed by atoms with Crippen molar-refractivity contribution in [2.45, 2.75) is 25.9 Å². The van der Waals surface area contributed by atoms with E-state index in [-0.39, 0.29) is 11.8 Å². The van der Waals surface area contributed by atoms with Gasteiger partial charge in [0, 0.05) is 23.2 Å². The summed E-state index contributed by atoms with van der Waals surface area (Å²) in [6, 6.07) is 24.2. The van der Waals surface area contributed by atoms with E-state index in [1.165, 1.54) is 5.56 Å². The number of ether oxygens (including phenoxy) is 1. The van der Waals surface area contributed by atoms with E-state index in [0.29, 0.717) is 6.54 Å². The molecule has 6 nitrogen and oxygen atoms in total. The quantitative estimate of drug-likeness (QED) is 0.331. The molecule has 0 spiro atoms. The molecular weight excluding hydrogens is 504 g/mol. The van der Waals surface area contributed by atoms with Gasteiger partial charge in [-0.3, -0.25) is 9.69 Å². The molecule has 1 aliphatic heterocycles. The standard InChI is InChI=1S/C28H29BrN4O2/c1-35-24-14-8-20(9-15-24)17-33-26-7-3-2-6-25(26)31-27(33)19-32-16-4-5-21(18-32)28(34)30-23-12-10-22(29)11-13-23/h2-3,6-15,21H,4-5,16-19H2,1H3,(H,30,34)/t21-/m0/s1. The molecule has 7 heteroatoms. The van der Waals surface area contributed by atoms with E-state index in [0.717, 1.165) is 65.2 Å². The molecule has 1 N–H and O–H groups in total. The fourth-order valence-electron chi connectivity index (χ4n) is 4.73. The highest BCUT2D eigenvalue weighted by Crippen LogP contribution is 2.24. The second-order valence-electron chi connectivity index (χ2n) is 9.02. The third-order valence-corrected chi connectivity index (χ3v) is 7.12. The minimum Gasteiger partial charge on any atom is -0.497 e. The second-order valence-corrected chi connectivity index (χ2v) is 9.94. The number of hydrogen-bond donors (Lipinski definition) is 1. The molecule has 0 saturated carbocycles. The summed E-state index contributed by atoms with van der Waals surface area (Å²) in [4.78, 5) is 20.3. The van der Waals surface area contributed by atoms with E-state index in [9.17, 15) is 4.79 Å². The largest absolute Gasteiger partial charge is 0.497 e. The molecule has 3 aromatic carbocycles. The maximum Gasteiger partial charge on any atom is 0.228 e. The van der Waals surface area contributed by atoms with Crippen LogP contribution in [0.15, 0.2) is 77.3 Å². The van der Waals surface area contributed by atoms with Gasteiger partial charge < -0.3 is 14.6 Å². The Morgan fingerprint density at radius 3 is 2.60 bits per heavy atom. The predicted molar refractivity (Wildman–Crippen MR) is 143 cm³/mol. The number of amides is 1. The molecule has 5 rings (SSSR count). The zero-order chi connectivity index (χ0) is 24.2. The lowest BCUT2D eigenvalue weighted by molar-refractivity contribution is -0.121. The smallest absolute Gasteiger partial charge is 0.228 e. The number of halogens is 1. The summed E-state index contributed by atoms with van der Waals surface area (Å²) < 4.78 is 8.60. The van der Waals surface area contributed by atoms with Crippen LogP contribution in [0.3, 0.4) is 0 Å². The number of piperidine rings is 1. The van der Waals surface area contributed by atoms with Gasteiger partial charge in [-0.05, 0) is 73.5 Å². The van der Waals surface area contributed by atoms with Gasteiger partial charge in [-0.15, -0.1) is 0 Å². The number of carbonyl (C=O) groups is 1. The van der Waals surface area contributed by atoms with Crippen LogP contribution in [0.2, 0.25) is 0 Å². The minimum absolute atomic E-state index is 0.0354. The summed E-state index contributed by atoms with van der Waals surface area (Å²) in [5.74, 6) is 1.93. The number of para-hydroxylation sites is 2. The number of hydrogen-bond acceptors (Lipinski definition) is 4. The van der Waals surface area contributed by atoms with Crippen LogP contribution in [0.4, 0.5) is 5.69 Å². The van der Waals surface area contributed by atoms with Gasteiger partial charge in [-0.1, -0.05) is 40.2 Å². The van der Waals surface area contributed by atoms with Crippen LogP contribution in [0.5, 0.6) is 5.75 Å². The van der Waals surface area contributed by atoms with Crippen molar-refractivity contribution in [2.24, 2.45) is 5.92 Å². The molecule has 1 amide bonds. The summed E-state index contributed by atoms with van der Waals surface area (Å²) in [5.41, 5.74) is 4.15. The first-order valence-corrected chi connectivity index (χ1v) is 12.7. The maximum absolute atomic E-state index is 13.0. The number of nitrogens with zero attached hydrogens (tertiary/aromatic N) is 3. The van der Waals surface area contributed by atoms with E-state index in [1.807, 2.05) is 42.5 Å². The topological polar surface area (TPSA) is 59.4 Å². The normalized spacial score (nSPS) is 16.3. The molecule has 35 heavy (non-hydrogen) atoms. The van der Waals surface area contributed by atoms with Gasteiger partial charge in [0.15, 0.2) is 0 Å². The molecule has 180 valence electrons. The SMILES string of the molecule is COc1ccc(Cn2c(CN3CCC[C@H](C(=O)Nc4ccc(Br)cc4)C3)nc3ccccc32)cc1. The molecule has 4 aromatic rings. The minimum atomic E-state index is -0.0354. The number of anilines is 1. The Balaban J connectivity index is 1.32. The Bertz CT molecular complexity index is 1300. The van der Waals surface area contributed by atoms with Crippen LogP contribution in [0.25, 0.3) is 11.0 Å². The molecule has 0 radical (unpaired) electrons. The fourth-order valence-corrected chi connectivity index (χ4v) is 4.99. The van der Waals surface area contributed by atoms with Crippen molar-refractivity contribution in [1.29, 1.82) is 0 Å². The average Bonchev–Trinajstić information content (AvgIpc) is 3.22. The highest BCUT2D eigenvalue weighted by atomic mass is 79.9. The van der Waals surface area contributed by atoms with Crippen LogP contribution in [-0.2, 0) is 17.9 Å². The first-order chi connectivity index (χ1) is 17.1. The highest BCUT2D eigenvalue weighted by Gasteiger charge is 2.27. The third kappa shape index (κ3) is 5.57. The zero-order valence-corrected chi connectivity index (χ0v) is 21.4. The number of benzene rings is 3. The van der Waals surface area contributed by atoms with Crippen molar-refractivity contribution in [3.05, 3.63) is 88.7 Å². The van der Waals surface area contributed by atoms with Gasteiger partial charge in [0.1, 0.15) is 11.6 Å². The average molecular weight is 533 g/mol. The van der Waals surface area contributed by atoms with Crippen LogP contribution in [0, 0.1) is 5.92 Å². The Labute approximate surface area is 214 Å². The van der Waals surface area contributed by atoms with Gasteiger partial charge in [0.05, 0.1) is 30.6 Å². The molecule has 1 atom stereocenters. The monoisotopic (exact) mass is 532 g/mol. The van der Waals surface area contributed by atoms with Crippen molar-refractivity contribution in [3.63, 3.8) is 0 Å². The Kier molecular flexibility index (Phi) is 7.16. The summed E-state index contributed by atoms with van der Waals surface area (Å²) in [6.07, 6.45) is 1.90. The lowest BCUT2D eigenvalue weighted by Crippen LogP contribution is -2.40. The Hall–Kier alpha value is -3.16.